The molecule has 34 heavy (non-hydrogen) atoms. The molecule has 11 nitrogen and oxygen atoms in total. The molecule has 1 aromatic carbocycles. The van der Waals surface area contributed by atoms with E-state index in [9.17, 15) is 27.2 Å². The summed E-state index contributed by atoms with van der Waals surface area (Å²) in [6.45, 7) is 2.51. The van der Waals surface area contributed by atoms with E-state index in [1.54, 1.807) is 0 Å². The van der Waals surface area contributed by atoms with E-state index in [0.717, 1.165) is 12.5 Å². The van der Waals surface area contributed by atoms with Crippen LogP contribution in [0, 0.1) is 5.82 Å². The van der Waals surface area contributed by atoms with Crippen LogP contribution in [-0.2, 0) is 21.4 Å². The maximum Gasteiger partial charge on any atom is 0.330 e. The van der Waals surface area contributed by atoms with Crippen molar-refractivity contribution in [2.24, 2.45) is 0 Å². The third kappa shape index (κ3) is 5.30. The van der Waals surface area contributed by atoms with Gasteiger partial charge < -0.3 is 15.5 Å². The molecule has 0 atom stereocenters. The Kier molecular flexibility index (Phi) is 7.77. The number of carbonyl (C=O) groups is 1. The number of rotatable bonds is 8. The molecule has 1 fully saturated rings. The van der Waals surface area contributed by atoms with E-state index in [1.807, 2.05) is 6.92 Å². The van der Waals surface area contributed by atoms with Crippen LogP contribution in [0.15, 0.2) is 38.8 Å². The number of hydrogen-bond acceptors (Lipinski definition) is 7. The third-order valence-corrected chi connectivity index (χ3v) is 7.62. The van der Waals surface area contributed by atoms with Gasteiger partial charge >= 0.3 is 5.69 Å². The maximum atomic E-state index is 13.5. The number of sulfonamides is 1. The van der Waals surface area contributed by atoms with Crippen LogP contribution < -0.4 is 21.9 Å². The molecule has 3 N–H and O–H groups in total. The van der Waals surface area contributed by atoms with Gasteiger partial charge in [-0.3, -0.25) is 19.1 Å². The van der Waals surface area contributed by atoms with E-state index in [2.05, 4.69) is 4.98 Å². The zero-order valence-electron chi connectivity index (χ0n) is 19.2. The minimum absolute atomic E-state index is 0.0106. The number of H-pyrrole nitrogens is 1. The van der Waals surface area contributed by atoms with E-state index in [4.69, 9.17) is 5.73 Å². The number of nitrogens with zero attached hydrogens (tertiary/aromatic N) is 4. The number of amides is 1. The molecule has 0 bridgehead atoms. The molecule has 13 heteroatoms. The minimum Gasteiger partial charge on any atom is -0.383 e. The van der Waals surface area contributed by atoms with Crippen molar-refractivity contribution in [3.63, 3.8) is 0 Å². The van der Waals surface area contributed by atoms with Crippen molar-refractivity contribution in [1.82, 2.24) is 18.8 Å². The van der Waals surface area contributed by atoms with Gasteiger partial charge in [-0.15, -0.1) is 0 Å². The number of hydrogen-bond donors (Lipinski definition) is 2. The predicted octanol–water partition coefficient (Wildman–Crippen LogP) is 0.0273. The standard InChI is InChI=1S/C21H29FN6O5S/c1-3-4-8-28-19(23)18(20(30)24-21(28)31)25(2)14-17(29)26-9-11-27(12-10-26)34(32,33)16-7-5-6-15(22)13-16/h5-7,13H,3-4,8-12,14,23H2,1-2H3,(H,24,30,31). The molecular weight excluding hydrogens is 467 g/mol. The first-order valence-electron chi connectivity index (χ1n) is 10.9. The first kappa shape index (κ1) is 25.4. The fourth-order valence-electron chi connectivity index (χ4n) is 3.82. The number of nitrogens with one attached hydrogen (secondary N) is 1. The highest BCUT2D eigenvalue weighted by atomic mass is 32.2. The number of unbranched alkanes of at least 4 members (excludes halogenated alkanes) is 1. The molecule has 1 aliphatic rings. The number of halogens is 1. The van der Waals surface area contributed by atoms with Gasteiger partial charge in [-0.05, 0) is 24.6 Å². The molecule has 0 unspecified atom stereocenters. The van der Waals surface area contributed by atoms with E-state index in [-0.39, 0.29) is 55.0 Å². The van der Waals surface area contributed by atoms with Gasteiger partial charge in [-0.2, -0.15) is 4.31 Å². The summed E-state index contributed by atoms with van der Waals surface area (Å²) in [7, 11) is -2.35. The van der Waals surface area contributed by atoms with E-state index in [1.165, 1.54) is 43.9 Å². The Morgan fingerprint density at radius 1 is 1.21 bits per heavy atom. The van der Waals surface area contributed by atoms with Crippen molar-refractivity contribution in [2.75, 3.05) is 50.4 Å². The lowest BCUT2D eigenvalue weighted by atomic mass is 10.3. The number of benzene rings is 1. The van der Waals surface area contributed by atoms with Crippen LogP contribution in [0.4, 0.5) is 15.9 Å². The van der Waals surface area contributed by atoms with Crippen LogP contribution in [0.2, 0.25) is 0 Å². The molecule has 0 radical (unpaired) electrons. The predicted molar refractivity (Wildman–Crippen MR) is 126 cm³/mol. The molecule has 0 saturated carbocycles. The van der Waals surface area contributed by atoms with Crippen LogP contribution in [0.1, 0.15) is 19.8 Å². The van der Waals surface area contributed by atoms with Crippen molar-refractivity contribution in [3.05, 3.63) is 50.9 Å². The highest BCUT2D eigenvalue weighted by molar-refractivity contribution is 7.89. The summed E-state index contributed by atoms with van der Waals surface area (Å²) in [4.78, 5) is 42.3. The summed E-state index contributed by atoms with van der Waals surface area (Å²) in [6, 6.07) is 4.78. The second kappa shape index (κ2) is 10.4. The van der Waals surface area contributed by atoms with Crippen molar-refractivity contribution < 1.29 is 17.6 Å². The number of aromatic amines is 1. The van der Waals surface area contributed by atoms with Gasteiger partial charge in [0.25, 0.3) is 5.56 Å². The van der Waals surface area contributed by atoms with Crippen molar-refractivity contribution in [2.45, 2.75) is 31.2 Å². The molecule has 1 aromatic heterocycles. The van der Waals surface area contributed by atoms with Gasteiger partial charge in [0.2, 0.25) is 15.9 Å². The highest BCUT2D eigenvalue weighted by Gasteiger charge is 2.31. The van der Waals surface area contributed by atoms with Crippen molar-refractivity contribution >= 4 is 27.4 Å². The summed E-state index contributed by atoms with van der Waals surface area (Å²) in [5.41, 5.74) is 4.83. The number of aromatic nitrogens is 2. The van der Waals surface area contributed by atoms with E-state index < -0.39 is 27.1 Å². The number of nitrogen functional groups attached to an aromatic ring is 1. The number of likely N-dealkylation sites (N-methyl/N-ethyl adjacent to an activating group) is 1. The summed E-state index contributed by atoms with van der Waals surface area (Å²) in [6.07, 6.45) is 1.52. The Bertz CT molecular complexity index is 1270. The Balaban J connectivity index is 1.68. The molecule has 2 heterocycles. The lowest BCUT2D eigenvalue weighted by Gasteiger charge is -2.35. The van der Waals surface area contributed by atoms with Gasteiger partial charge in [-0.1, -0.05) is 19.4 Å². The van der Waals surface area contributed by atoms with Crippen LogP contribution >= 0.6 is 0 Å². The SMILES string of the molecule is CCCCn1c(N)c(N(C)CC(=O)N2CCN(S(=O)(=O)c3cccc(F)c3)CC2)c(=O)[nH]c1=O. The van der Waals surface area contributed by atoms with Crippen LogP contribution in [0.5, 0.6) is 0 Å². The molecular formula is C21H29FN6O5S. The summed E-state index contributed by atoms with van der Waals surface area (Å²) in [5.74, 6) is -0.980. The average Bonchev–Trinajstić information content (AvgIpc) is 2.78. The summed E-state index contributed by atoms with van der Waals surface area (Å²) < 4.78 is 41.5. The molecule has 0 spiro atoms. The topological polar surface area (TPSA) is 142 Å². The maximum absolute atomic E-state index is 13.5. The Labute approximate surface area is 196 Å². The molecule has 0 aliphatic carbocycles. The first-order valence-corrected chi connectivity index (χ1v) is 12.4. The molecule has 2 aromatic rings. The third-order valence-electron chi connectivity index (χ3n) is 5.73. The first-order chi connectivity index (χ1) is 16.1. The molecule has 3 rings (SSSR count). The fraction of sp³-hybridized carbons (Fsp3) is 0.476. The number of nitrogens with two attached hydrogens (primary N) is 1. The lowest BCUT2D eigenvalue weighted by molar-refractivity contribution is -0.130. The zero-order chi connectivity index (χ0) is 25.0. The van der Waals surface area contributed by atoms with Crippen molar-refractivity contribution in [3.8, 4) is 0 Å². The highest BCUT2D eigenvalue weighted by Crippen LogP contribution is 2.19. The summed E-state index contributed by atoms with van der Waals surface area (Å²) >= 11 is 0. The second-order valence-corrected chi connectivity index (χ2v) is 10.0. The largest absolute Gasteiger partial charge is 0.383 e. The molecule has 1 amide bonds. The van der Waals surface area contributed by atoms with E-state index in [0.29, 0.717) is 13.0 Å². The Morgan fingerprint density at radius 2 is 1.88 bits per heavy atom. The fourth-order valence-corrected chi connectivity index (χ4v) is 5.28. The smallest absolute Gasteiger partial charge is 0.330 e. The van der Waals surface area contributed by atoms with Gasteiger partial charge in [0.1, 0.15) is 17.3 Å². The Morgan fingerprint density at radius 3 is 2.50 bits per heavy atom. The van der Waals surface area contributed by atoms with Gasteiger partial charge in [0.05, 0.1) is 11.4 Å². The molecule has 1 saturated heterocycles. The number of carbonyl (C=O) groups excluding carboxylic acids is 1. The van der Waals surface area contributed by atoms with Gasteiger partial charge in [-0.25, -0.2) is 17.6 Å². The number of piperazine rings is 1. The van der Waals surface area contributed by atoms with Gasteiger partial charge in [0, 0.05) is 39.8 Å². The van der Waals surface area contributed by atoms with E-state index >= 15 is 0 Å². The normalized spacial score (nSPS) is 14.9. The van der Waals surface area contributed by atoms with Crippen molar-refractivity contribution in [1.29, 1.82) is 0 Å². The molecule has 1 aliphatic heterocycles. The number of anilines is 2. The summed E-state index contributed by atoms with van der Waals surface area (Å²) in [5, 5.41) is 0. The molecule has 186 valence electrons. The monoisotopic (exact) mass is 496 g/mol. The average molecular weight is 497 g/mol. The van der Waals surface area contributed by atoms with Crippen LogP contribution in [0.25, 0.3) is 0 Å². The van der Waals surface area contributed by atoms with Crippen LogP contribution in [-0.4, -0.2) is 72.9 Å². The lowest BCUT2D eigenvalue weighted by Crippen LogP contribution is -2.52. The van der Waals surface area contributed by atoms with Gasteiger partial charge in [0.15, 0.2) is 0 Å². The zero-order valence-corrected chi connectivity index (χ0v) is 20.0. The Hall–Kier alpha value is -3.19. The van der Waals surface area contributed by atoms with Crippen LogP contribution in [0.3, 0.4) is 0 Å². The second-order valence-electron chi connectivity index (χ2n) is 8.10. The quantitative estimate of drug-likeness (QED) is 0.525. The minimum atomic E-state index is -3.88.